The van der Waals surface area contributed by atoms with Gasteiger partial charge in [-0.3, -0.25) is 4.68 Å². The van der Waals surface area contributed by atoms with E-state index in [0.29, 0.717) is 11.5 Å². The minimum absolute atomic E-state index is 0.170. The van der Waals surface area contributed by atoms with Crippen LogP contribution in [0.2, 0.25) is 0 Å². The Labute approximate surface area is 80.6 Å². The van der Waals surface area contributed by atoms with Crippen molar-refractivity contribution in [2.45, 2.75) is 0 Å². The fourth-order valence-electron chi connectivity index (χ4n) is 1.19. The Hall–Kier alpha value is -2.11. The highest BCUT2D eigenvalue weighted by Crippen LogP contribution is 2.17. The predicted molar refractivity (Wildman–Crippen MR) is 53.1 cm³/mol. The Morgan fingerprint density at radius 1 is 1.29 bits per heavy atom. The highest BCUT2D eigenvalue weighted by molar-refractivity contribution is 5.61. The number of anilines is 2. The molecule has 14 heavy (non-hydrogen) atoms. The molecule has 0 radical (unpaired) electrons. The molecule has 0 amide bonds. The summed E-state index contributed by atoms with van der Waals surface area (Å²) in [5, 5.41) is 4.03. The molecule has 2 heterocycles. The van der Waals surface area contributed by atoms with Crippen LogP contribution >= 0.6 is 0 Å². The second-order valence-electron chi connectivity index (χ2n) is 2.94. The molecule has 0 unspecified atom stereocenters. The third kappa shape index (κ3) is 1.49. The van der Waals surface area contributed by atoms with Gasteiger partial charge in [-0.1, -0.05) is 0 Å². The Morgan fingerprint density at radius 2 is 2.07 bits per heavy atom. The molecule has 6 heteroatoms. The van der Waals surface area contributed by atoms with Gasteiger partial charge in [0.1, 0.15) is 5.82 Å². The van der Waals surface area contributed by atoms with Crippen LogP contribution in [-0.4, -0.2) is 19.7 Å². The average molecular weight is 190 g/mol. The molecule has 0 aliphatic rings. The molecule has 2 rings (SSSR count). The molecule has 2 aromatic heterocycles. The summed E-state index contributed by atoms with van der Waals surface area (Å²) in [6.45, 7) is 0. The van der Waals surface area contributed by atoms with Crippen molar-refractivity contribution in [1.82, 2.24) is 19.7 Å². The fourth-order valence-corrected chi connectivity index (χ4v) is 1.19. The second kappa shape index (κ2) is 2.99. The van der Waals surface area contributed by atoms with Gasteiger partial charge < -0.3 is 11.5 Å². The summed E-state index contributed by atoms with van der Waals surface area (Å²) >= 11 is 0. The molecule has 72 valence electrons. The van der Waals surface area contributed by atoms with Gasteiger partial charge in [0.25, 0.3) is 0 Å². The van der Waals surface area contributed by atoms with Crippen LogP contribution in [0.5, 0.6) is 0 Å². The number of rotatable bonds is 1. The normalized spacial score (nSPS) is 10.4. The van der Waals surface area contributed by atoms with Gasteiger partial charge in [-0.2, -0.15) is 10.1 Å². The maximum absolute atomic E-state index is 5.55. The van der Waals surface area contributed by atoms with E-state index in [1.165, 1.54) is 0 Å². The molecule has 0 saturated heterocycles. The lowest BCUT2D eigenvalue weighted by molar-refractivity contribution is 0.768. The smallest absolute Gasteiger partial charge is 0.222 e. The van der Waals surface area contributed by atoms with E-state index < -0.39 is 0 Å². The number of hydrogen-bond donors (Lipinski definition) is 2. The van der Waals surface area contributed by atoms with Crippen LogP contribution in [0.3, 0.4) is 0 Å². The lowest BCUT2D eigenvalue weighted by Gasteiger charge is -1.99. The Morgan fingerprint density at radius 3 is 2.64 bits per heavy atom. The van der Waals surface area contributed by atoms with Crippen LogP contribution < -0.4 is 11.5 Å². The van der Waals surface area contributed by atoms with Crippen molar-refractivity contribution < 1.29 is 0 Å². The topological polar surface area (TPSA) is 95.6 Å². The van der Waals surface area contributed by atoms with Gasteiger partial charge in [0.05, 0.1) is 11.9 Å². The molecule has 0 spiro atoms. The third-order valence-electron chi connectivity index (χ3n) is 1.76. The lowest BCUT2D eigenvalue weighted by atomic mass is 10.2. The van der Waals surface area contributed by atoms with E-state index in [2.05, 4.69) is 15.1 Å². The van der Waals surface area contributed by atoms with E-state index >= 15 is 0 Å². The van der Waals surface area contributed by atoms with Crippen molar-refractivity contribution in [1.29, 1.82) is 0 Å². The number of hydrogen-bond acceptors (Lipinski definition) is 5. The van der Waals surface area contributed by atoms with E-state index in [0.717, 1.165) is 5.56 Å². The molecule has 0 aromatic carbocycles. The van der Waals surface area contributed by atoms with Crippen LogP contribution in [0.4, 0.5) is 11.8 Å². The third-order valence-corrected chi connectivity index (χ3v) is 1.76. The zero-order valence-corrected chi connectivity index (χ0v) is 7.68. The highest BCUT2D eigenvalue weighted by atomic mass is 15.2. The molecule has 6 nitrogen and oxygen atoms in total. The summed E-state index contributed by atoms with van der Waals surface area (Å²) in [4.78, 5) is 7.83. The van der Waals surface area contributed by atoms with Crippen LogP contribution in [-0.2, 0) is 7.05 Å². The molecule has 4 N–H and O–H groups in total. The molecule has 0 saturated carbocycles. The van der Waals surface area contributed by atoms with Crippen molar-refractivity contribution in [2.24, 2.45) is 7.05 Å². The van der Waals surface area contributed by atoms with Gasteiger partial charge in [0.2, 0.25) is 5.95 Å². The molecule has 0 atom stereocenters. The van der Waals surface area contributed by atoms with Crippen molar-refractivity contribution in [3.8, 4) is 11.3 Å². The zero-order valence-electron chi connectivity index (χ0n) is 7.68. The summed E-state index contributed by atoms with van der Waals surface area (Å²) in [6.07, 6.45) is 3.53. The molecular weight excluding hydrogens is 180 g/mol. The minimum atomic E-state index is 0.170. The van der Waals surface area contributed by atoms with Crippen LogP contribution in [0.25, 0.3) is 11.3 Å². The van der Waals surface area contributed by atoms with E-state index in [-0.39, 0.29) is 5.95 Å². The molecule has 0 bridgehead atoms. The summed E-state index contributed by atoms with van der Waals surface area (Å²) < 4.78 is 1.68. The van der Waals surface area contributed by atoms with Crippen molar-refractivity contribution in [2.75, 3.05) is 11.5 Å². The Balaban J connectivity index is 2.51. The molecule has 2 aromatic rings. The van der Waals surface area contributed by atoms with Crippen LogP contribution in [0.1, 0.15) is 0 Å². The van der Waals surface area contributed by atoms with E-state index in [1.54, 1.807) is 16.9 Å². The molecule has 0 aliphatic carbocycles. The average Bonchev–Trinajstić information content (AvgIpc) is 2.50. The first kappa shape index (κ1) is 8.49. The first-order valence-corrected chi connectivity index (χ1v) is 4.04. The van der Waals surface area contributed by atoms with Gasteiger partial charge in [-0.05, 0) is 0 Å². The molecule has 0 aliphatic heterocycles. The lowest BCUT2D eigenvalue weighted by Crippen LogP contribution is -2.00. The summed E-state index contributed by atoms with van der Waals surface area (Å²) in [5.74, 6) is 0.528. The molecular formula is C8H10N6. The van der Waals surface area contributed by atoms with Gasteiger partial charge >= 0.3 is 0 Å². The predicted octanol–water partition coefficient (Wildman–Crippen LogP) is 0.0415. The number of nitrogen functional groups attached to an aromatic ring is 2. The van der Waals surface area contributed by atoms with Crippen molar-refractivity contribution in [3.05, 3.63) is 18.5 Å². The number of aromatic nitrogens is 4. The maximum Gasteiger partial charge on any atom is 0.222 e. The van der Waals surface area contributed by atoms with Gasteiger partial charge in [0, 0.05) is 24.9 Å². The minimum Gasteiger partial charge on any atom is -0.384 e. The zero-order chi connectivity index (χ0) is 10.1. The van der Waals surface area contributed by atoms with E-state index in [1.807, 2.05) is 13.2 Å². The maximum atomic E-state index is 5.55. The van der Waals surface area contributed by atoms with Gasteiger partial charge in [-0.15, -0.1) is 0 Å². The summed E-state index contributed by atoms with van der Waals surface area (Å²) in [5.41, 5.74) is 12.6. The van der Waals surface area contributed by atoms with Crippen LogP contribution in [0.15, 0.2) is 18.5 Å². The van der Waals surface area contributed by atoms with E-state index in [4.69, 9.17) is 11.5 Å². The van der Waals surface area contributed by atoms with Gasteiger partial charge in [0.15, 0.2) is 0 Å². The summed E-state index contributed by atoms with van der Waals surface area (Å²) in [7, 11) is 1.83. The van der Waals surface area contributed by atoms with Crippen molar-refractivity contribution >= 4 is 11.8 Å². The monoisotopic (exact) mass is 190 g/mol. The number of nitrogens with zero attached hydrogens (tertiary/aromatic N) is 4. The van der Waals surface area contributed by atoms with Crippen molar-refractivity contribution in [3.63, 3.8) is 0 Å². The Bertz CT molecular complexity index is 440. The largest absolute Gasteiger partial charge is 0.384 e. The second-order valence-corrected chi connectivity index (χ2v) is 2.94. The quantitative estimate of drug-likeness (QED) is 0.662. The van der Waals surface area contributed by atoms with Crippen LogP contribution in [0, 0.1) is 0 Å². The molecule has 0 fully saturated rings. The summed E-state index contributed by atoms with van der Waals surface area (Å²) in [6, 6.07) is 1.66. The van der Waals surface area contributed by atoms with E-state index in [9.17, 15) is 0 Å². The number of aryl methyl sites for hydroxylation is 1. The SMILES string of the molecule is Cn1cc(-c2cc(N)nc(N)n2)cn1. The standard InChI is InChI=1S/C8H10N6/c1-14-4-5(3-11-14)6-2-7(9)13-8(10)12-6/h2-4H,1H3,(H4,9,10,12,13). The number of nitrogens with two attached hydrogens (primary N) is 2. The Kier molecular flexibility index (Phi) is 1.81. The first-order chi connectivity index (χ1) is 6.65. The fraction of sp³-hybridized carbons (Fsp3) is 0.125. The highest BCUT2D eigenvalue weighted by Gasteiger charge is 2.04. The first-order valence-electron chi connectivity index (χ1n) is 4.04. The van der Waals surface area contributed by atoms with Gasteiger partial charge in [-0.25, -0.2) is 4.98 Å².